The van der Waals surface area contributed by atoms with Crippen LogP contribution in [0.2, 0.25) is 0 Å². The van der Waals surface area contributed by atoms with Gasteiger partial charge in [0.15, 0.2) is 0 Å². The van der Waals surface area contributed by atoms with Gasteiger partial charge in [0, 0.05) is 18.3 Å². The van der Waals surface area contributed by atoms with Crippen molar-refractivity contribution in [3.05, 3.63) is 66.2 Å². The lowest BCUT2D eigenvalue weighted by molar-refractivity contribution is -0.136. The number of hydrogen-bond donors (Lipinski definition) is 1. The molecule has 4 nitrogen and oxygen atoms in total. The van der Waals surface area contributed by atoms with Crippen LogP contribution in [0.5, 0.6) is 0 Å². The summed E-state index contributed by atoms with van der Waals surface area (Å²) in [6.07, 6.45) is -0.153. The topological polar surface area (TPSA) is 49.4 Å². The second-order valence-electron chi connectivity index (χ2n) is 5.69. The molecule has 0 saturated heterocycles. The standard InChI is InChI=1S/C19H22N2O2/c1-15(2)21(14-16-9-5-3-6-10-16)19(23)13-18(22)20-17-11-7-4-8-12-17/h3-12,15H,13-14H2,1-2H3,(H,20,22). The van der Waals surface area contributed by atoms with E-state index in [-0.39, 0.29) is 24.3 Å². The maximum atomic E-state index is 12.5. The number of carbonyl (C=O) groups excluding carboxylic acids is 2. The van der Waals surface area contributed by atoms with Gasteiger partial charge in [0.05, 0.1) is 0 Å². The van der Waals surface area contributed by atoms with Crippen LogP contribution in [0.15, 0.2) is 60.7 Å². The zero-order valence-electron chi connectivity index (χ0n) is 13.5. The van der Waals surface area contributed by atoms with Crippen molar-refractivity contribution in [3.8, 4) is 0 Å². The van der Waals surface area contributed by atoms with Gasteiger partial charge in [0.25, 0.3) is 0 Å². The second-order valence-corrected chi connectivity index (χ2v) is 5.69. The van der Waals surface area contributed by atoms with E-state index in [1.165, 1.54) is 0 Å². The van der Waals surface area contributed by atoms with E-state index in [0.717, 1.165) is 5.56 Å². The first-order chi connectivity index (χ1) is 11.1. The lowest BCUT2D eigenvalue weighted by Gasteiger charge is -2.26. The van der Waals surface area contributed by atoms with E-state index in [1.807, 2.05) is 62.4 Å². The van der Waals surface area contributed by atoms with Gasteiger partial charge < -0.3 is 10.2 Å². The molecule has 0 bridgehead atoms. The summed E-state index contributed by atoms with van der Waals surface area (Å²) in [6, 6.07) is 19.0. The highest BCUT2D eigenvalue weighted by atomic mass is 16.2. The average Bonchev–Trinajstić information content (AvgIpc) is 2.54. The van der Waals surface area contributed by atoms with Crippen LogP contribution in [0.3, 0.4) is 0 Å². The largest absolute Gasteiger partial charge is 0.336 e. The Morgan fingerprint density at radius 1 is 0.957 bits per heavy atom. The summed E-state index contributed by atoms with van der Waals surface area (Å²) in [5.74, 6) is -0.461. The molecule has 0 spiro atoms. The first-order valence-corrected chi connectivity index (χ1v) is 7.74. The van der Waals surface area contributed by atoms with E-state index in [2.05, 4.69) is 5.32 Å². The first kappa shape index (κ1) is 16.7. The molecule has 120 valence electrons. The van der Waals surface area contributed by atoms with Crippen molar-refractivity contribution < 1.29 is 9.59 Å². The molecular formula is C19H22N2O2. The lowest BCUT2D eigenvalue weighted by atomic mass is 10.1. The predicted molar refractivity (Wildman–Crippen MR) is 91.8 cm³/mol. The van der Waals surface area contributed by atoms with Crippen molar-refractivity contribution in [2.24, 2.45) is 0 Å². The molecule has 23 heavy (non-hydrogen) atoms. The molecule has 2 aromatic rings. The fourth-order valence-corrected chi connectivity index (χ4v) is 2.30. The van der Waals surface area contributed by atoms with Gasteiger partial charge in [-0.25, -0.2) is 0 Å². The van der Waals surface area contributed by atoms with Crippen molar-refractivity contribution in [1.82, 2.24) is 4.90 Å². The molecular weight excluding hydrogens is 288 g/mol. The molecule has 0 aliphatic heterocycles. The maximum absolute atomic E-state index is 12.5. The first-order valence-electron chi connectivity index (χ1n) is 7.74. The molecule has 1 N–H and O–H groups in total. The molecule has 0 unspecified atom stereocenters. The summed E-state index contributed by atoms with van der Waals surface area (Å²) >= 11 is 0. The number of nitrogens with zero attached hydrogens (tertiary/aromatic N) is 1. The fourth-order valence-electron chi connectivity index (χ4n) is 2.30. The predicted octanol–water partition coefficient (Wildman–Crippen LogP) is 3.45. The third-order valence-electron chi connectivity index (χ3n) is 3.51. The minimum atomic E-state index is -0.292. The summed E-state index contributed by atoms with van der Waals surface area (Å²) < 4.78 is 0. The number of amides is 2. The molecule has 2 aromatic carbocycles. The summed E-state index contributed by atoms with van der Waals surface area (Å²) in [4.78, 5) is 26.2. The Hall–Kier alpha value is -2.62. The van der Waals surface area contributed by atoms with Crippen molar-refractivity contribution in [2.45, 2.75) is 32.9 Å². The van der Waals surface area contributed by atoms with Crippen LogP contribution in [0.1, 0.15) is 25.8 Å². The summed E-state index contributed by atoms with van der Waals surface area (Å²) in [6.45, 7) is 4.42. The van der Waals surface area contributed by atoms with Crippen LogP contribution in [-0.4, -0.2) is 22.8 Å². The highest BCUT2D eigenvalue weighted by molar-refractivity contribution is 6.03. The summed E-state index contributed by atoms with van der Waals surface area (Å²) in [7, 11) is 0. The van der Waals surface area contributed by atoms with E-state index >= 15 is 0 Å². The van der Waals surface area contributed by atoms with Crippen LogP contribution in [0.25, 0.3) is 0 Å². The quantitative estimate of drug-likeness (QED) is 0.831. The number of nitrogens with one attached hydrogen (secondary N) is 1. The van der Waals surface area contributed by atoms with Gasteiger partial charge >= 0.3 is 0 Å². The van der Waals surface area contributed by atoms with Gasteiger partial charge in [-0.3, -0.25) is 9.59 Å². The molecule has 0 atom stereocenters. The zero-order valence-corrected chi connectivity index (χ0v) is 13.5. The monoisotopic (exact) mass is 310 g/mol. The third-order valence-corrected chi connectivity index (χ3v) is 3.51. The Balaban J connectivity index is 1.96. The van der Waals surface area contributed by atoms with Crippen molar-refractivity contribution in [3.63, 3.8) is 0 Å². The highest BCUT2D eigenvalue weighted by Crippen LogP contribution is 2.11. The summed E-state index contributed by atoms with van der Waals surface area (Å²) in [5, 5.41) is 2.74. The molecule has 0 aliphatic rings. The van der Waals surface area contributed by atoms with Crippen LogP contribution in [0, 0.1) is 0 Å². The van der Waals surface area contributed by atoms with Crippen LogP contribution >= 0.6 is 0 Å². The Labute approximate surface area is 137 Å². The van der Waals surface area contributed by atoms with Gasteiger partial charge in [-0.05, 0) is 31.5 Å². The molecule has 0 aromatic heterocycles. The van der Waals surface area contributed by atoms with Gasteiger partial charge in [-0.1, -0.05) is 48.5 Å². The summed E-state index contributed by atoms with van der Waals surface area (Å²) in [5.41, 5.74) is 1.75. The van der Waals surface area contributed by atoms with E-state index < -0.39 is 0 Å². The van der Waals surface area contributed by atoms with Crippen LogP contribution in [0.4, 0.5) is 5.69 Å². The molecule has 0 heterocycles. The molecule has 4 heteroatoms. The number of anilines is 1. The Morgan fingerprint density at radius 3 is 2.09 bits per heavy atom. The van der Waals surface area contributed by atoms with Crippen molar-refractivity contribution in [2.75, 3.05) is 5.32 Å². The SMILES string of the molecule is CC(C)N(Cc1ccccc1)C(=O)CC(=O)Nc1ccccc1. The lowest BCUT2D eigenvalue weighted by Crippen LogP contribution is -2.38. The third kappa shape index (κ3) is 5.25. The molecule has 0 aliphatic carbocycles. The number of hydrogen-bond acceptors (Lipinski definition) is 2. The van der Waals surface area contributed by atoms with Crippen molar-refractivity contribution >= 4 is 17.5 Å². The number of rotatable bonds is 6. The van der Waals surface area contributed by atoms with E-state index in [4.69, 9.17) is 0 Å². The fraction of sp³-hybridized carbons (Fsp3) is 0.263. The van der Waals surface area contributed by atoms with Crippen LogP contribution in [-0.2, 0) is 16.1 Å². The minimum Gasteiger partial charge on any atom is -0.336 e. The number of carbonyl (C=O) groups is 2. The number of benzene rings is 2. The maximum Gasteiger partial charge on any atom is 0.233 e. The minimum absolute atomic E-state index is 0.0345. The van der Waals surface area contributed by atoms with E-state index in [9.17, 15) is 9.59 Å². The smallest absolute Gasteiger partial charge is 0.233 e. The molecule has 2 rings (SSSR count). The Bertz CT molecular complexity index is 639. The van der Waals surface area contributed by atoms with Gasteiger partial charge in [-0.15, -0.1) is 0 Å². The number of para-hydroxylation sites is 1. The Kier molecular flexibility index (Phi) is 5.92. The van der Waals surface area contributed by atoms with Gasteiger partial charge in [0.2, 0.25) is 11.8 Å². The van der Waals surface area contributed by atoms with Crippen molar-refractivity contribution in [1.29, 1.82) is 0 Å². The van der Waals surface area contributed by atoms with E-state index in [1.54, 1.807) is 17.0 Å². The highest BCUT2D eigenvalue weighted by Gasteiger charge is 2.20. The molecule has 0 saturated carbocycles. The van der Waals surface area contributed by atoms with Gasteiger partial charge in [-0.2, -0.15) is 0 Å². The second kappa shape index (κ2) is 8.13. The Morgan fingerprint density at radius 2 is 1.52 bits per heavy atom. The van der Waals surface area contributed by atoms with Crippen LogP contribution < -0.4 is 5.32 Å². The molecule has 0 fully saturated rings. The molecule has 2 amide bonds. The average molecular weight is 310 g/mol. The van der Waals surface area contributed by atoms with E-state index in [0.29, 0.717) is 12.2 Å². The van der Waals surface area contributed by atoms with Gasteiger partial charge in [0.1, 0.15) is 6.42 Å². The molecule has 0 radical (unpaired) electrons. The zero-order chi connectivity index (χ0) is 16.7. The normalized spacial score (nSPS) is 10.4.